The number of rotatable bonds is 9. The Morgan fingerprint density at radius 3 is 2.97 bits per heavy atom. The van der Waals surface area contributed by atoms with Gasteiger partial charge < -0.3 is 29.4 Å². The lowest BCUT2D eigenvalue weighted by Gasteiger charge is -2.28. The van der Waals surface area contributed by atoms with Crippen LogP contribution in [0.15, 0.2) is 29.1 Å². The summed E-state index contributed by atoms with van der Waals surface area (Å²) in [6.07, 6.45) is 3.06. The normalized spacial score (nSPS) is 16.1. The minimum atomic E-state index is -0.109. The number of hydrogen-bond acceptors (Lipinski definition) is 5. The summed E-state index contributed by atoms with van der Waals surface area (Å²) < 4.78 is 16.2. The van der Waals surface area contributed by atoms with E-state index in [-0.39, 0.29) is 11.7 Å². The summed E-state index contributed by atoms with van der Waals surface area (Å²) in [5.74, 6) is 0.752. The molecule has 0 radical (unpaired) electrons. The van der Waals surface area contributed by atoms with E-state index in [4.69, 9.17) is 26.4 Å². The van der Waals surface area contributed by atoms with Crippen LogP contribution in [-0.2, 0) is 16.0 Å². The smallest absolute Gasteiger partial charge is 0.253 e. The lowest BCUT2D eigenvalue weighted by Crippen LogP contribution is -2.44. The van der Waals surface area contributed by atoms with Crippen LogP contribution >= 0.6 is 12.2 Å². The number of nitrogens with zero attached hydrogens (tertiary/aromatic N) is 1. The molecule has 1 aromatic heterocycles. The highest BCUT2D eigenvalue weighted by Gasteiger charge is 2.22. The second kappa shape index (κ2) is 10.6. The Morgan fingerprint density at radius 2 is 2.24 bits per heavy atom. The fraction of sp³-hybridized carbons (Fsp3) is 0.524. The first kappa shape index (κ1) is 21.5. The monoisotopic (exact) mass is 419 g/mol. The zero-order chi connectivity index (χ0) is 20.6. The number of nitrogens with one attached hydrogen (secondary N) is 2. The van der Waals surface area contributed by atoms with Crippen molar-refractivity contribution in [1.29, 1.82) is 0 Å². The third-order valence-corrected chi connectivity index (χ3v) is 5.43. The summed E-state index contributed by atoms with van der Waals surface area (Å²) in [5, 5.41) is 4.83. The van der Waals surface area contributed by atoms with Gasteiger partial charge in [-0.15, -0.1) is 0 Å². The quantitative estimate of drug-likeness (QED) is 0.478. The summed E-state index contributed by atoms with van der Waals surface area (Å²) in [4.78, 5) is 17.6. The van der Waals surface area contributed by atoms with Gasteiger partial charge in [0, 0.05) is 49.9 Å². The maximum absolute atomic E-state index is 12.7. The molecule has 1 aliphatic heterocycles. The van der Waals surface area contributed by atoms with Crippen LogP contribution in [0.25, 0.3) is 10.9 Å². The molecule has 1 aromatic carbocycles. The molecular weight excluding hydrogens is 390 g/mol. The molecule has 0 bridgehead atoms. The zero-order valence-corrected chi connectivity index (χ0v) is 17.8. The first-order valence-electron chi connectivity index (χ1n) is 9.94. The van der Waals surface area contributed by atoms with Crippen LogP contribution in [0, 0.1) is 0 Å². The summed E-state index contributed by atoms with van der Waals surface area (Å²) in [6.45, 7) is 3.25. The number of aromatic amines is 1. The molecule has 1 fully saturated rings. The number of thiocarbonyl (C=S) groups is 1. The van der Waals surface area contributed by atoms with E-state index in [0.29, 0.717) is 30.4 Å². The number of fused-ring (bicyclic) bond motifs is 1. The number of pyridine rings is 1. The molecule has 158 valence electrons. The lowest BCUT2D eigenvalue weighted by molar-refractivity contribution is 0.0896. The van der Waals surface area contributed by atoms with Gasteiger partial charge in [0.25, 0.3) is 5.56 Å². The van der Waals surface area contributed by atoms with Crippen molar-refractivity contribution in [1.82, 2.24) is 15.2 Å². The average molecular weight is 420 g/mol. The zero-order valence-electron chi connectivity index (χ0n) is 17.0. The van der Waals surface area contributed by atoms with E-state index in [2.05, 4.69) is 10.3 Å². The van der Waals surface area contributed by atoms with Crippen molar-refractivity contribution in [3.8, 4) is 5.75 Å². The highest BCUT2D eigenvalue weighted by Crippen LogP contribution is 2.20. The topological polar surface area (TPSA) is 75.8 Å². The maximum atomic E-state index is 12.7. The fourth-order valence-electron chi connectivity index (χ4n) is 3.46. The molecular formula is C21H29N3O4S. The molecule has 0 amide bonds. The van der Waals surface area contributed by atoms with Crippen LogP contribution in [0.3, 0.4) is 0 Å². The first-order valence-corrected chi connectivity index (χ1v) is 10.3. The summed E-state index contributed by atoms with van der Waals surface area (Å²) in [7, 11) is 3.31. The number of H-pyrrole nitrogens is 1. The third kappa shape index (κ3) is 5.91. The molecule has 0 aliphatic carbocycles. The molecule has 2 N–H and O–H groups in total. The Morgan fingerprint density at radius 1 is 1.38 bits per heavy atom. The van der Waals surface area contributed by atoms with E-state index in [9.17, 15) is 4.79 Å². The molecule has 1 atom stereocenters. The second-order valence-electron chi connectivity index (χ2n) is 7.17. The number of ether oxygens (including phenoxy) is 3. The van der Waals surface area contributed by atoms with Crippen LogP contribution < -0.4 is 15.6 Å². The Hall–Kier alpha value is -2.16. The van der Waals surface area contributed by atoms with E-state index in [1.807, 2.05) is 29.2 Å². The Labute approximate surface area is 176 Å². The molecule has 2 heterocycles. The molecule has 8 heteroatoms. The Bertz CT molecular complexity index is 880. The first-order chi connectivity index (χ1) is 14.1. The van der Waals surface area contributed by atoms with Gasteiger partial charge in [0.1, 0.15) is 5.75 Å². The molecule has 0 unspecified atom stereocenters. The SMILES string of the molecule is COCCCNC(=S)N(Cc1cc2cc(OC)ccc2[nH]c1=O)C[C@@H]1CCCO1. The molecule has 1 aliphatic rings. The summed E-state index contributed by atoms with van der Waals surface area (Å²) in [5.41, 5.74) is 1.33. The predicted molar refractivity (Wildman–Crippen MR) is 118 cm³/mol. The van der Waals surface area contributed by atoms with Crippen LogP contribution in [0.4, 0.5) is 0 Å². The van der Waals surface area contributed by atoms with Crippen LogP contribution in [0.5, 0.6) is 5.75 Å². The predicted octanol–water partition coefficient (Wildman–Crippen LogP) is 2.43. The summed E-state index contributed by atoms with van der Waals surface area (Å²) >= 11 is 5.62. The van der Waals surface area contributed by atoms with Crippen molar-refractivity contribution in [2.75, 3.05) is 40.5 Å². The van der Waals surface area contributed by atoms with Crippen molar-refractivity contribution in [3.63, 3.8) is 0 Å². The van der Waals surface area contributed by atoms with E-state index in [1.165, 1.54) is 0 Å². The van der Waals surface area contributed by atoms with Crippen molar-refractivity contribution >= 4 is 28.2 Å². The van der Waals surface area contributed by atoms with Gasteiger partial charge in [0.05, 0.1) is 19.8 Å². The maximum Gasteiger partial charge on any atom is 0.253 e. The molecule has 0 saturated carbocycles. The van der Waals surface area contributed by atoms with Crippen molar-refractivity contribution < 1.29 is 14.2 Å². The minimum Gasteiger partial charge on any atom is -0.497 e. The fourth-order valence-corrected chi connectivity index (χ4v) is 3.70. The van der Waals surface area contributed by atoms with Gasteiger partial charge in [-0.3, -0.25) is 4.79 Å². The number of hydrogen-bond donors (Lipinski definition) is 2. The van der Waals surface area contributed by atoms with Gasteiger partial charge in [0.2, 0.25) is 0 Å². The highest BCUT2D eigenvalue weighted by atomic mass is 32.1. The molecule has 2 aromatic rings. The van der Waals surface area contributed by atoms with Gasteiger partial charge in [-0.2, -0.15) is 0 Å². The van der Waals surface area contributed by atoms with E-state index < -0.39 is 0 Å². The number of benzene rings is 1. The van der Waals surface area contributed by atoms with Gasteiger partial charge in [-0.05, 0) is 55.7 Å². The van der Waals surface area contributed by atoms with Crippen LogP contribution in [0.1, 0.15) is 24.8 Å². The molecule has 1 saturated heterocycles. The number of methoxy groups -OCH3 is 2. The van der Waals surface area contributed by atoms with Gasteiger partial charge in [-0.25, -0.2) is 0 Å². The van der Waals surface area contributed by atoms with Crippen molar-refractivity contribution in [2.24, 2.45) is 0 Å². The molecule has 7 nitrogen and oxygen atoms in total. The van der Waals surface area contributed by atoms with Gasteiger partial charge >= 0.3 is 0 Å². The van der Waals surface area contributed by atoms with Crippen LogP contribution in [0.2, 0.25) is 0 Å². The second-order valence-corrected chi connectivity index (χ2v) is 7.56. The van der Waals surface area contributed by atoms with Crippen molar-refractivity contribution in [3.05, 3.63) is 40.2 Å². The molecule has 3 rings (SSSR count). The summed E-state index contributed by atoms with van der Waals surface area (Å²) in [6, 6.07) is 7.51. The Balaban J connectivity index is 1.78. The highest BCUT2D eigenvalue weighted by molar-refractivity contribution is 7.80. The molecule has 29 heavy (non-hydrogen) atoms. The molecule has 0 spiro atoms. The van der Waals surface area contributed by atoms with Crippen LogP contribution in [-0.4, -0.2) is 61.6 Å². The van der Waals surface area contributed by atoms with E-state index in [0.717, 1.165) is 49.1 Å². The van der Waals surface area contributed by atoms with Gasteiger partial charge in [0.15, 0.2) is 5.11 Å². The van der Waals surface area contributed by atoms with E-state index in [1.54, 1.807) is 14.2 Å². The Kier molecular flexibility index (Phi) is 7.85. The number of aromatic nitrogens is 1. The average Bonchev–Trinajstić information content (AvgIpc) is 3.24. The minimum absolute atomic E-state index is 0.109. The standard InChI is InChI=1S/C21H29N3O4S/c1-26-9-4-8-22-21(29)24(14-18-5-3-10-28-18)13-16-11-15-12-17(27-2)6-7-19(15)23-20(16)25/h6-7,11-12,18H,3-5,8-10,13-14H2,1-2H3,(H,22,29)(H,23,25)/t18-/m0/s1. The van der Waals surface area contributed by atoms with Crippen molar-refractivity contribution in [2.45, 2.75) is 31.9 Å². The third-order valence-electron chi connectivity index (χ3n) is 5.03. The van der Waals surface area contributed by atoms with Gasteiger partial charge in [-0.1, -0.05) is 0 Å². The lowest BCUT2D eigenvalue weighted by atomic mass is 10.1. The largest absolute Gasteiger partial charge is 0.497 e. The van der Waals surface area contributed by atoms with E-state index >= 15 is 0 Å².